The zero-order valence-corrected chi connectivity index (χ0v) is 8.79. The summed E-state index contributed by atoms with van der Waals surface area (Å²) >= 11 is 0. The van der Waals surface area contributed by atoms with Crippen LogP contribution in [-0.4, -0.2) is 0 Å². The fourth-order valence-corrected chi connectivity index (χ4v) is 2.20. The van der Waals surface area contributed by atoms with Gasteiger partial charge in [-0.25, -0.2) is 0 Å². The largest absolute Gasteiger partial charge is 0.355 e. The number of nitrogens with one attached hydrogen (secondary N) is 1. The van der Waals surface area contributed by atoms with Crippen molar-refractivity contribution in [2.45, 2.75) is 19.3 Å². The maximum Gasteiger partial charge on any atom is 0.0420 e. The summed E-state index contributed by atoms with van der Waals surface area (Å²) in [5, 5.41) is 3.49. The predicted octanol–water partition coefficient (Wildman–Crippen LogP) is 3.42. The van der Waals surface area contributed by atoms with E-state index in [1.54, 1.807) is 5.57 Å². The van der Waals surface area contributed by atoms with Crippen LogP contribution >= 0.6 is 0 Å². The molecule has 0 atom stereocenters. The number of benzene rings is 1. The quantitative estimate of drug-likeness (QED) is 0.674. The van der Waals surface area contributed by atoms with Crippen molar-refractivity contribution in [1.82, 2.24) is 6.15 Å². The van der Waals surface area contributed by atoms with Crippen LogP contribution in [0.1, 0.15) is 18.4 Å². The van der Waals surface area contributed by atoms with Crippen LogP contribution < -0.4 is 11.5 Å². The molecule has 0 unspecified atom stereocenters. The minimum Gasteiger partial charge on any atom is -0.355 e. The lowest BCUT2D eigenvalue weighted by molar-refractivity contribution is 0.880. The van der Waals surface area contributed by atoms with E-state index in [9.17, 15) is 0 Å². The van der Waals surface area contributed by atoms with Crippen LogP contribution in [0.4, 0.5) is 5.69 Å². The van der Waals surface area contributed by atoms with Crippen molar-refractivity contribution in [3.8, 4) is 0 Å². The van der Waals surface area contributed by atoms with E-state index in [1.807, 2.05) is 0 Å². The van der Waals surface area contributed by atoms with E-state index in [0.29, 0.717) is 0 Å². The Morgan fingerprint density at radius 3 is 2.93 bits per heavy atom. The molecule has 4 N–H and O–H groups in total. The Labute approximate surface area is 90.3 Å². The molecule has 0 saturated carbocycles. The maximum atomic E-state index is 3.49. The summed E-state index contributed by atoms with van der Waals surface area (Å²) in [5.74, 6) is 0. The lowest BCUT2D eigenvalue weighted by atomic mass is 9.91. The van der Waals surface area contributed by atoms with E-state index in [1.165, 1.54) is 29.8 Å². The molecule has 0 amide bonds. The topological polar surface area (TPSA) is 47.0 Å². The summed E-state index contributed by atoms with van der Waals surface area (Å²) in [5.41, 5.74) is 5.60. The molecule has 1 aromatic rings. The Balaban J connectivity index is 0.000000853. The number of hydrogen-bond donors (Lipinski definition) is 2. The van der Waals surface area contributed by atoms with Gasteiger partial charge in [0.15, 0.2) is 0 Å². The third kappa shape index (κ3) is 1.68. The van der Waals surface area contributed by atoms with Crippen molar-refractivity contribution >= 4 is 5.69 Å². The lowest BCUT2D eigenvalue weighted by Gasteiger charge is -2.25. The highest BCUT2D eigenvalue weighted by Crippen LogP contribution is 2.31. The fraction of sp³-hybridized carbons (Fsp3) is 0.231. The maximum absolute atomic E-state index is 3.49. The second kappa shape index (κ2) is 3.91. The molecule has 0 fully saturated rings. The summed E-state index contributed by atoms with van der Waals surface area (Å²) in [6.45, 7) is 0. The van der Waals surface area contributed by atoms with E-state index in [-0.39, 0.29) is 6.15 Å². The first kappa shape index (κ1) is 9.99. The standard InChI is InChI=1S/C13H13N.H3N/c1-3-7-12-10(5-1)9-11-6-2-4-8-13(11)14-12;/h1,3-5,7-8,14H,2,6,9H2;1H3. The van der Waals surface area contributed by atoms with Crippen LogP contribution in [0.5, 0.6) is 0 Å². The molecule has 78 valence electrons. The average molecular weight is 200 g/mol. The summed E-state index contributed by atoms with van der Waals surface area (Å²) < 4.78 is 0. The highest BCUT2D eigenvalue weighted by molar-refractivity contribution is 5.62. The Bertz CT molecular complexity index is 430. The van der Waals surface area contributed by atoms with Crippen LogP contribution in [0.3, 0.4) is 0 Å². The Hall–Kier alpha value is -1.54. The Kier molecular flexibility index (Phi) is 2.60. The van der Waals surface area contributed by atoms with Gasteiger partial charge in [0.05, 0.1) is 0 Å². The van der Waals surface area contributed by atoms with Crippen LogP contribution in [0.25, 0.3) is 0 Å². The summed E-state index contributed by atoms with van der Waals surface area (Å²) in [6.07, 6.45) is 8.01. The molecule has 0 saturated heterocycles. The second-order valence-corrected chi connectivity index (χ2v) is 3.92. The van der Waals surface area contributed by atoms with Gasteiger partial charge in [-0.2, -0.15) is 0 Å². The summed E-state index contributed by atoms with van der Waals surface area (Å²) in [4.78, 5) is 0. The van der Waals surface area contributed by atoms with Crippen molar-refractivity contribution in [3.63, 3.8) is 0 Å². The lowest BCUT2D eigenvalue weighted by Crippen LogP contribution is -2.13. The van der Waals surface area contributed by atoms with Crippen molar-refractivity contribution in [3.05, 3.63) is 53.3 Å². The van der Waals surface area contributed by atoms with Crippen LogP contribution in [-0.2, 0) is 6.42 Å². The molecule has 2 heteroatoms. The number of fused-ring (bicyclic) bond motifs is 1. The average Bonchev–Trinajstić information content (AvgIpc) is 2.26. The molecule has 0 radical (unpaired) electrons. The Morgan fingerprint density at radius 1 is 1.13 bits per heavy atom. The smallest absolute Gasteiger partial charge is 0.0420 e. The van der Waals surface area contributed by atoms with Gasteiger partial charge in [0.1, 0.15) is 0 Å². The summed E-state index contributed by atoms with van der Waals surface area (Å²) in [6, 6.07) is 8.57. The molecular weight excluding hydrogens is 184 g/mol. The van der Waals surface area contributed by atoms with Crippen molar-refractivity contribution in [2.75, 3.05) is 5.32 Å². The van der Waals surface area contributed by atoms with E-state index < -0.39 is 0 Å². The zero-order valence-electron chi connectivity index (χ0n) is 8.79. The molecule has 1 aliphatic carbocycles. The second-order valence-electron chi connectivity index (χ2n) is 3.92. The predicted molar refractivity (Wildman–Crippen MR) is 64.2 cm³/mol. The molecule has 0 spiro atoms. The number of para-hydroxylation sites is 1. The van der Waals surface area contributed by atoms with Gasteiger partial charge < -0.3 is 11.5 Å². The molecule has 1 heterocycles. The molecule has 1 aliphatic heterocycles. The van der Waals surface area contributed by atoms with Crippen molar-refractivity contribution < 1.29 is 0 Å². The van der Waals surface area contributed by atoms with Crippen LogP contribution in [0.2, 0.25) is 0 Å². The first-order chi connectivity index (χ1) is 6.93. The molecule has 3 rings (SSSR count). The van der Waals surface area contributed by atoms with Gasteiger partial charge in [-0.05, 0) is 42.5 Å². The van der Waals surface area contributed by atoms with Gasteiger partial charge in [-0.15, -0.1) is 0 Å². The minimum atomic E-state index is 0. The van der Waals surface area contributed by atoms with E-state index in [4.69, 9.17) is 0 Å². The monoisotopic (exact) mass is 200 g/mol. The van der Waals surface area contributed by atoms with Crippen LogP contribution in [0, 0.1) is 0 Å². The third-order valence-corrected chi connectivity index (χ3v) is 2.97. The molecular formula is C13H16N2. The highest BCUT2D eigenvalue weighted by Gasteiger charge is 2.16. The SMILES string of the molecule is C1=CC2=C(CC1)Cc1ccccc1N2.N. The minimum absolute atomic E-state index is 0. The Morgan fingerprint density at radius 2 is 2.00 bits per heavy atom. The zero-order chi connectivity index (χ0) is 9.38. The fourth-order valence-electron chi connectivity index (χ4n) is 2.20. The molecule has 2 aliphatic rings. The number of hydrogen-bond acceptors (Lipinski definition) is 2. The molecule has 0 aromatic heterocycles. The van der Waals surface area contributed by atoms with E-state index in [2.05, 4.69) is 41.7 Å². The van der Waals surface area contributed by atoms with E-state index in [0.717, 1.165) is 6.42 Å². The first-order valence-electron chi connectivity index (χ1n) is 5.17. The van der Waals surface area contributed by atoms with Crippen LogP contribution in [0.15, 0.2) is 47.7 Å². The van der Waals surface area contributed by atoms with E-state index >= 15 is 0 Å². The number of allylic oxidation sites excluding steroid dienone is 3. The highest BCUT2D eigenvalue weighted by atomic mass is 14.9. The molecule has 0 bridgehead atoms. The van der Waals surface area contributed by atoms with Gasteiger partial charge in [-0.1, -0.05) is 24.3 Å². The molecule has 15 heavy (non-hydrogen) atoms. The normalized spacial score (nSPS) is 17.3. The first-order valence-corrected chi connectivity index (χ1v) is 5.17. The van der Waals surface area contributed by atoms with Crippen molar-refractivity contribution in [1.29, 1.82) is 0 Å². The third-order valence-electron chi connectivity index (χ3n) is 2.97. The molecule has 2 nitrogen and oxygen atoms in total. The number of rotatable bonds is 0. The van der Waals surface area contributed by atoms with Gasteiger partial charge in [0.25, 0.3) is 0 Å². The number of anilines is 1. The van der Waals surface area contributed by atoms with Gasteiger partial charge >= 0.3 is 0 Å². The van der Waals surface area contributed by atoms with Gasteiger partial charge in [-0.3, -0.25) is 0 Å². The summed E-state index contributed by atoms with van der Waals surface area (Å²) in [7, 11) is 0. The van der Waals surface area contributed by atoms with Gasteiger partial charge in [0, 0.05) is 11.4 Å². The van der Waals surface area contributed by atoms with Crippen molar-refractivity contribution in [2.24, 2.45) is 0 Å². The molecule has 1 aromatic carbocycles. The van der Waals surface area contributed by atoms with Gasteiger partial charge in [0.2, 0.25) is 0 Å².